The van der Waals surface area contributed by atoms with Crippen molar-refractivity contribution in [3.63, 3.8) is 0 Å². The maximum absolute atomic E-state index is 13.3. The van der Waals surface area contributed by atoms with Crippen molar-refractivity contribution in [2.45, 2.75) is 89.5 Å². The van der Waals surface area contributed by atoms with Gasteiger partial charge in [0, 0.05) is 5.90 Å². The third-order valence-electron chi connectivity index (χ3n) is 3.95. The van der Waals surface area contributed by atoms with Crippen LogP contribution in [0.15, 0.2) is 4.66 Å². The van der Waals surface area contributed by atoms with Gasteiger partial charge in [-0.15, -0.1) is 0 Å². The molecule has 0 saturated carbocycles. The van der Waals surface area contributed by atoms with Gasteiger partial charge in [0.2, 0.25) is 0 Å². The fourth-order valence-corrected chi connectivity index (χ4v) is 7.16. The average molecular weight is 360 g/mol. The summed E-state index contributed by atoms with van der Waals surface area (Å²) in [6, 6.07) is 1.51. The zero-order chi connectivity index (χ0) is 18.1. The van der Waals surface area contributed by atoms with E-state index in [0.29, 0.717) is 37.4 Å². The lowest BCUT2D eigenvalue weighted by molar-refractivity contribution is -0.306. The fourth-order valence-electron chi connectivity index (χ4n) is 2.47. The van der Waals surface area contributed by atoms with Crippen LogP contribution in [0.4, 0.5) is 22.0 Å². The van der Waals surface area contributed by atoms with Crippen molar-refractivity contribution in [2.75, 3.05) is 0 Å². The van der Waals surface area contributed by atoms with Crippen molar-refractivity contribution in [1.29, 1.82) is 0 Å². The van der Waals surface area contributed by atoms with Crippen LogP contribution in [0.1, 0.15) is 59.3 Å². The first-order valence-electron chi connectivity index (χ1n) is 8.28. The maximum atomic E-state index is 13.3. The van der Waals surface area contributed by atoms with E-state index in [-0.39, 0.29) is 0 Å². The first-order valence-corrected chi connectivity index (χ1v) is 10.8. The normalized spacial score (nSPS) is 14.3. The first kappa shape index (κ1) is 22.3. The molecule has 2 nitrogen and oxygen atoms in total. The number of unbranched alkanes of at least 4 members (excludes halogenated alkanes) is 3. The third kappa shape index (κ3) is 6.77. The van der Waals surface area contributed by atoms with Crippen LogP contribution < -0.4 is 5.11 Å². The Morgan fingerprint density at radius 1 is 0.826 bits per heavy atom. The van der Waals surface area contributed by atoms with Crippen molar-refractivity contribution in [3.05, 3.63) is 0 Å². The lowest BCUT2D eigenvalue weighted by Gasteiger charge is -2.33. The van der Waals surface area contributed by atoms with Gasteiger partial charge in [-0.3, -0.25) is 0 Å². The molecule has 0 aromatic heterocycles. The largest absolute Gasteiger partial charge is 0.858 e. The fraction of sp³-hybridized carbons (Fsp3) is 0.933. The summed E-state index contributed by atoms with van der Waals surface area (Å²) < 4.78 is 67.3. The predicted molar refractivity (Wildman–Crippen MR) is 83.3 cm³/mol. The number of alkyl halides is 5. The summed E-state index contributed by atoms with van der Waals surface area (Å²) in [5.41, 5.74) is 0. The Morgan fingerprint density at radius 2 is 1.17 bits per heavy atom. The molecule has 0 unspecified atom stereocenters. The zero-order valence-electron chi connectivity index (χ0n) is 14.1. The minimum Gasteiger partial charge on any atom is -0.858 e. The van der Waals surface area contributed by atoms with Gasteiger partial charge in [0.25, 0.3) is 0 Å². The molecular weight excluding hydrogens is 333 g/mol. The van der Waals surface area contributed by atoms with Crippen LogP contribution in [0.3, 0.4) is 0 Å². The van der Waals surface area contributed by atoms with Gasteiger partial charge in [-0.25, -0.2) is 0 Å². The van der Waals surface area contributed by atoms with E-state index in [0.717, 1.165) is 19.3 Å². The number of rotatable bonds is 11. The van der Waals surface area contributed by atoms with Crippen molar-refractivity contribution < 1.29 is 27.1 Å². The van der Waals surface area contributed by atoms with Gasteiger partial charge in [0.05, 0.1) is 0 Å². The van der Waals surface area contributed by atoms with E-state index in [4.69, 9.17) is 0 Å². The van der Waals surface area contributed by atoms with Crippen molar-refractivity contribution in [2.24, 2.45) is 4.66 Å². The van der Waals surface area contributed by atoms with E-state index in [1.807, 2.05) is 20.8 Å². The molecule has 0 atom stereocenters. The Kier molecular flexibility index (Phi) is 9.31. The second-order valence-electron chi connectivity index (χ2n) is 6.02. The predicted octanol–water partition coefficient (Wildman–Crippen LogP) is 5.29. The number of hydrogen-bond donors (Lipinski definition) is 0. The Morgan fingerprint density at radius 3 is 1.43 bits per heavy atom. The van der Waals surface area contributed by atoms with Crippen molar-refractivity contribution >= 4 is 14.1 Å². The molecule has 0 radical (unpaired) electrons. The van der Waals surface area contributed by atoms with Crippen LogP contribution in [0.2, 0.25) is 18.1 Å². The molecule has 0 bridgehead atoms. The molecule has 0 aromatic carbocycles. The molecule has 0 amide bonds. The topological polar surface area (TPSA) is 35.4 Å². The molecule has 0 heterocycles. The summed E-state index contributed by atoms with van der Waals surface area (Å²) in [4.78, 5) is 0. The molecule has 0 rings (SSSR count). The highest BCUT2D eigenvalue weighted by Gasteiger charge is 2.58. The number of nitrogens with zero attached hydrogens (tertiary/aromatic N) is 1. The van der Waals surface area contributed by atoms with Crippen LogP contribution >= 0.6 is 0 Å². The van der Waals surface area contributed by atoms with Crippen LogP contribution in [-0.2, 0) is 0 Å². The second-order valence-corrected chi connectivity index (χ2v) is 10.2. The van der Waals surface area contributed by atoms with Gasteiger partial charge in [0.15, 0.2) is 8.24 Å². The van der Waals surface area contributed by atoms with Crippen LogP contribution in [-0.4, -0.2) is 26.2 Å². The molecule has 0 aliphatic carbocycles. The quantitative estimate of drug-likeness (QED) is 0.213. The van der Waals surface area contributed by atoms with E-state index in [1.165, 1.54) is 0 Å². The van der Waals surface area contributed by atoms with Gasteiger partial charge in [0.1, 0.15) is 0 Å². The minimum absolute atomic E-state index is 0.503. The highest BCUT2D eigenvalue weighted by Crippen LogP contribution is 2.37. The molecule has 0 aliphatic heterocycles. The van der Waals surface area contributed by atoms with Gasteiger partial charge in [-0.1, -0.05) is 59.3 Å². The zero-order valence-corrected chi connectivity index (χ0v) is 15.1. The lowest BCUT2D eigenvalue weighted by Crippen LogP contribution is -2.52. The summed E-state index contributed by atoms with van der Waals surface area (Å²) in [6.07, 6.45) is -1.38. The summed E-state index contributed by atoms with van der Waals surface area (Å²) in [7, 11) is -2.81. The first-order chi connectivity index (χ1) is 10.6. The molecule has 0 aromatic rings. The van der Waals surface area contributed by atoms with Crippen LogP contribution in [0, 0.1) is 0 Å². The van der Waals surface area contributed by atoms with Gasteiger partial charge in [-0.05, 0) is 18.1 Å². The third-order valence-corrected chi connectivity index (χ3v) is 8.48. The molecule has 0 spiro atoms. The summed E-state index contributed by atoms with van der Waals surface area (Å²) in [5.74, 6) is -7.67. The molecule has 23 heavy (non-hydrogen) atoms. The molecular formula is C15H27F5NOSi-. The summed E-state index contributed by atoms with van der Waals surface area (Å²) >= 11 is 0. The molecule has 0 fully saturated rings. The lowest BCUT2D eigenvalue weighted by atomic mass is 10.3. The van der Waals surface area contributed by atoms with Gasteiger partial charge >= 0.3 is 12.1 Å². The SMILES string of the molecule is CCCC[Si](CCCC)(CCCC)N=C([O-])C(F)(F)C(F)(F)F. The van der Waals surface area contributed by atoms with Gasteiger partial charge in [-0.2, -0.15) is 22.0 Å². The Labute approximate surface area is 136 Å². The molecule has 138 valence electrons. The second kappa shape index (κ2) is 9.59. The van der Waals surface area contributed by atoms with Crippen LogP contribution in [0.25, 0.3) is 0 Å². The Bertz CT molecular complexity index is 350. The highest BCUT2D eigenvalue weighted by molar-refractivity contribution is 6.79. The highest BCUT2D eigenvalue weighted by atomic mass is 28.3. The van der Waals surface area contributed by atoms with E-state index >= 15 is 0 Å². The van der Waals surface area contributed by atoms with E-state index < -0.39 is 26.2 Å². The number of hydrogen-bond acceptors (Lipinski definition) is 2. The molecule has 0 aliphatic rings. The standard InChI is InChI=1S/C15H28F5NOSi/c1-4-7-10-23(11-8-5-2,12-9-6-3)21-13(22)14(16,17)15(18,19)20/h4-12H2,1-3H3,(H,21,22)/p-1. The van der Waals surface area contributed by atoms with Crippen molar-refractivity contribution in [1.82, 2.24) is 0 Å². The minimum atomic E-state index is -5.88. The van der Waals surface area contributed by atoms with E-state index in [2.05, 4.69) is 4.66 Å². The average Bonchev–Trinajstić information content (AvgIpc) is 2.47. The monoisotopic (exact) mass is 360 g/mol. The molecule has 0 saturated heterocycles. The summed E-state index contributed by atoms with van der Waals surface area (Å²) in [6.45, 7) is 5.76. The molecule has 8 heteroatoms. The smallest absolute Gasteiger partial charge is 0.458 e. The van der Waals surface area contributed by atoms with Crippen LogP contribution in [0.5, 0.6) is 0 Å². The van der Waals surface area contributed by atoms with Crippen molar-refractivity contribution in [3.8, 4) is 0 Å². The Balaban J connectivity index is 5.63. The number of halogens is 5. The van der Waals surface area contributed by atoms with E-state index in [1.54, 1.807) is 0 Å². The Hall–Kier alpha value is -0.663. The maximum Gasteiger partial charge on any atom is 0.458 e. The van der Waals surface area contributed by atoms with Gasteiger partial charge < -0.3 is 9.76 Å². The van der Waals surface area contributed by atoms with E-state index in [9.17, 15) is 27.1 Å². The summed E-state index contributed by atoms with van der Waals surface area (Å²) in [5, 5.41) is 11.6. The molecule has 0 N–H and O–H groups in total.